The van der Waals surface area contributed by atoms with Crippen molar-refractivity contribution in [1.29, 1.82) is 0 Å². The maximum atomic E-state index is 6.57. The minimum atomic E-state index is -0.714. The highest BCUT2D eigenvalue weighted by molar-refractivity contribution is 6.20. The summed E-state index contributed by atoms with van der Waals surface area (Å²) in [6.45, 7) is 0. The normalized spacial score (nSPS) is 12.7. The Morgan fingerprint density at radius 1 is 0.286 bits per heavy atom. The van der Waals surface area contributed by atoms with E-state index in [0.29, 0.717) is 17.5 Å². The predicted octanol–water partition coefficient (Wildman–Crippen LogP) is 22.0. The van der Waals surface area contributed by atoms with E-state index in [1.165, 1.54) is 99.8 Å². The van der Waals surface area contributed by atoms with Gasteiger partial charge in [0.25, 0.3) is 0 Å². The summed E-state index contributed by atoms with van der Waals surface area (Å²) in [5.41, 5.74) is 26.4. The molecule has 0 unspecified atom stereocenters. The summed E-state index contributed by atoms with van der Waals surface area (Å²) in [5, 5.41) is 6.76. The first-order chi connectivity index (χ1) is 45.1. The predicted molar refractivity (Wildman–Crippen MR) is 373 cm³/mol. The SMILES string of the molecule is c1ccc(-c2cccc(C3(c4cccc(-c5ccccc5)c4)c4ccc(-c5ccc(-c6ccc(-c7nc(-c8cccc9ccccc89)nc(-c8cccc9c8oc8ccccc89)n7)cc6)cc5)c5c4-c4c3ccc3c6ccccc6n(c43)-c3ccccc3-5)c2)cc1. The lowest BCUT2D eigenvalue weighted by Crippen LogP contribution is -2.29. The molecule has 17 aromatic rings. The fourth-order valence-corrected chi connectivity index (χ4v) is 15.3. The van der Waals surface area contributed by atoms with Gasteiger partial charge in [-0.2, -0.15) is 0 Å². The number of nitrogens with zero attached hydrogens (tertiary/aromatic N) is 4. The second-order valence-corrected chi connectivity index (χ2v) is 24.1. The Hall–Kier alpha value is -12.1. The number of fused-ring (bicyclic) bond motifs is 10. The molecule has 91 heavy (non-hydrogen) atoms. The molecule has 0 radical (unpaired) electrons. The van der Waals surface area contributed by atoms with Crippen LogP contribution in [0.4, 0.5) is 0 Å². The number of aromatic nitrogens is 4. The van der Waals surface area contributed by atoms with Crippen molar-refractivity contribution in [3.05, 3.63) is 338 Å². The van der Waals surface area contributed by atoms with Crippen molar-refractivity contribution in [2.75, 3.05) is 0 Å². The molecule has 422 valence electrons. The van der Waals surface area contributed by atoms with Crippen LogP contribution in [0.5, 0.6) is 0 Å². The summed E-state index contributed by atoms with van der Waals surface area (Å²) >= 11 is 0. The Balaban J connectivity index is 0.780. The Morgan fingerprint density at radius 3 is 1.54 bits per heavy atom. The first-order valence-corrected chi connectivity index (χ1v) is 31.1. The molecule has 1 aliphatic heterocycles. The third-order valence-corrected chi connectivity index (χ3v) is 19.3. The molecule has 14 aromatic carbocycles. The molecule has 5 heteroatoms. The van der Waals surface area contributed by atoms with E-state index in [1.54, 1.807) is 0 Å². The highest BCUT2D eigenvalue weighted by Crippen LogP contribution is 2.64. The van der Waals surface area contributed by atoms with Crippen molar-refractivity contribution in [2.45, 2.75) is 5.41 Å². The second kappa shape index (κ2) is 20.0. The molecule has 3 aromatic heterocycles. The average molecular weight is 1160 g/mol. The van der Waals surface area contributed by atoms with Gasteiger partial charge in [-0.3, -0.25) is 0 Å². The summed E-state index contributed by atoms with van der Waals surface area (Å²) in [6, 6.07) is 115. The standard InChI is InChI=1S/C86H52N4O/c1-3-19-53(20-4-1)60-25-15-27-62(51-60)86(63-28-16-26-61(52-63)54-21-5-2-6-22-54)73-49-47-65(78-71-32-10-13-37-76(71)90-75-36-12-9-30-66(75)68-48-50-74(86)80(79(73)78)81(68)90)58-43-39-55(40-44-58)56-41-45-59(46-42-56)83-87-84(70-34-17-24-57-23-7-8-29-64(57)70)89-85(88-83)72-35-18-33-69-67-31-11-14-38-77(67)91-82(69)72/h1-52H. The van der Waals surface area contributed by atoms with Crippen molar-refractivity contribution in [2.24, 2.45) is 0 Å². The molecule has 0 amide bonds. The Labute approximate surface area is 525 Å². The molecule has 0 saturated heterocycles. The first kappa shape index (κ1) is 51.0. The van der Waals surface area contributed by atoms with Gasteiger partial charge in [0.1, 0.15) is 11.2 Å². The van der Waals surface area contributed by atoms with Gasteiger partial charge in [0.15, 0.2) is 17.5 Å². The quantitative estimate of drug-likeness (QED) is 0.145. The van der Waals surface area contributed by atoms with Gasteiger partial charge in [0.05, 0.1) is 27.7 Å². The third-order valence-electron chi connectivity index (χ3n) is 19.3. The van der Waals surface area contributed by atoms with Crippen LogP contribution >= 0.6 is 0 Å². The zero-order chi connectivity index (χ0) is 59.7. The van der Waals surface area contributed by atoms with Crippen LogP contribution in [-0.2, 0) is 5.41 Å². The summed E-state index contributed by atoms with van der Waals surface area (Å²) < 4.78 is 9.13. The van der Waals surface area contributed by atoms with Crippen molar-refractivity contribution in [3.63, 3.8) is 0 Å². The molecule has 19 rings (SSSR count). The lowest BCUT2D eigenvalue weighted by atomic mass is 9.66. The van der Waals surface area contributed by atoms with E-state index in [9.17, 15) is 0 Å². The minimum Gasteiger partial charge on any atom is -0.455 e. The molecular weight excluding hydrogens is 1100 g/mol. The van der Waals surface area contributed by atoms with Gasteiger partial charge in [-0.25, -0.2) is 15.0 Å². The maximum absolute atomic E-state index is 6.57. The molecule has 0 spiro atoms. The number of rotatable bonds is 9. The van der Waals surface area contributed by atoms with Gasteiger partial charge >= 0.3 is 0 Å². The highest BCUT2D eigenvalue weighted by Gasteiger charge is 2.50. The number of hydrogen-bond acceptors (Lipinski definition) is 4. The van der Waals surface area contributed by atoms with Gasteiger partial charge in [-0.05, 0) is 125 Å². The molecule has 5 nitrogen and oxygen atoms in total. The second-order valence-electron chi connectivity index (χ2n) is 24.1. The topological polar surface area (TPSA) is 56.7 Å². The summed E-state index contributed by atoms with van der Waals surface area (Å²) in [4.78, 5) is 15.7. The molecule has 4 heterocycles. The fraction of sp³-hybridized carbons (Fsp3) is 0.0116. The van der Waals surface area contributed by atoms with E-state index in [0.717, 1.165) is 66.1 Å². The molecule has 0 N–H and O–H groups in total. The van der Waals surface area contributed by atoms with E-state index < -0.39 is 5.41 Å². The first-order valence-electron chi connectivity index (χ1n) is 31.1. The largest absolute Gasteiger partial charge is 0.455 e. The van der Waals surface area contributed by atoms with E-state index in [1.807, 2.05) is 24.3 Å². The third kappa shape index (κ3) is 7.68. The smallest absolute Gasteiger partial charge is 0.167 e. The molecular formula is C86H52N4O. The summed E-state index contributed by atoms with van der Waals surface area (Å²) in [5.74, 6) is 1.74. The minimum absolute atomic E-state index is 0.552. The molecule has 0 atom stereocenters. The fourth-order valence-electron chi connectivity index (χ4n) is 15.3. The van der Waals surface area contributed by atoms with Crippen LogP contribution in [0.3, 0.4) is 0 Å². The summed E-state index contributed by atoms with van der Waals surface area (Å²) in [6.07, 6.45) is 0. The highest BCUT2D eigenvalue weighted by atomic mass is 16.3. The average Bonchev–Trinajstić information content (AvgIpc) is 1.50. The molecule has 0 saturated carbocycles. The lowest BCUT2D eigenvalue weighted by Gasteiger charge is -2.35. The van der Waals surface area contributed by atoms with Crippen molar-refractivity contribution < 1.29 is 4.42 Å². The Morgan fingerprint density at radius 2 is 0.791 bits per heavy atom. The van der Waals surface area contributed by atoms with Gasteiger partial charge in [0.2, 0.25) is 0 Å². The Bertz CT molecular complexity index is 5730. The van der Waals surface area contributed by atoms with Crippen molar-refractivity contribution in [3.8, 4) is 107 Å². The van der Waals surface area contributed by atoms with Crippen molar-refractivity contribution in [1.82, 2.24) is 19.5 Å². The van der Waals surface area contributed by atoms with E-state index in [-0.39, 0.29) is 0 Å². The molecule has 2 aliphatic rings. The van der Waals surface area contributed by atoms with E-state index >= 15 is 0 Å². The van der Waals surface area contributed by atoms with Crippen LogP contribution in [0, 0.1) is 0 Å². The number of furan rings is 1. The monoisotopic (exact) mass is 1160 g/mol. The molecule has 0 fully saturated rings. The van der Waals surface area contributed by atoms with Crippen LogP contribution < -0.4 is 0 Å². The van der Waals surface area contributed by atoms with E-state index in [4.69, 9.17) is 19.4 Å². The zero-order valence-electron chi connectivity index (χ0n) is 49.2. The van der Waals surface area contributed by atoms with Crippen LogP contribution in [0.1, 0.15) is 22.3 Å². The van der Waals surface area contributed by atoms with Gasteiger partial charge in [-0.15, -0.1) is 0 Å². The van der Waals surface area contributed by atoms with Crippen LogP contribution in [0.15, 0.2) is 320 Å². The maximum Gasteiger partial charge on any atom is 0.167 e. The number of hydrogen-bond donors (Lipinski definition) is 0. The molecule has 0 bridgehead atoms. The lowest BCUT2D eigenvalue weighted by molar-refractivity contribution is 0.669. The Kier molecular flexibility index (Phi) is 11.2. The van der Waals surface area contributed by atoms with Gasteiger partial charge in [-0.1, -0.05) is 279 Å². The number of benzene rings is 14. The summed E-state index contributed by atoms with van der Waals surface area (Å²) in [7, 11) is 0. The van der Waals surface area contributed by atoms with Crippen LogP contribution in [-0.4, -0.2) is 19.5 Å². The number of para-hydroxylation sites is 4. The van der Waals surface area contributed by atoms with E-state index in [2.05, 4.69) is 296 Å². The zero-order valence-corrected chi connectivity index (χ0v) is 49.2. The van der Waals surface area contributed by atoms with Crippen LogP contribution in [0.25, 0.3) is 161 Å². The van der Waals surface area contributed by atoms with Gasteiger partial charge in [0, 0.05) is 43.8 Å². The van der Waals surface area contributed by atoms with Gasteiger partial charge < -0.3 is 8.98 Å². The molecule has 1 aliphatic carbocycles. The van der Waals surface area contributed by atoms with Crippen molar-refractivity contribution >= 4 is 54.5 Å². The van der Waals surface area contributed by atoms with Crippen LogP contribution in [0.2, 0.25) is 0 Å².